The summed E-state index contributed by atoms with van der Waals surface area (Å²) in [4.78, 5) is 10.9. The summed E-state index contributed by atoms with van der Waals surface area (Å²) in [6.07, 6.45) is 1.38. The van der Waals surface area contributed by atoms with Gasteiger partial charge >= 0.3 is 0 Å². The maximum Gasteiger partial charge on any atom is 0.130 e. The van der Waals surface area contributed by atoms with Crippen LogP contribution in [0.25, 0.3) is 0 Å². The second-order valence-corrected chi connectivity index (χ2v) is 4.34. The molecule has 0 bridgehead atoms. The first-order valence-corrected chi connectivity index (χ1v) is 6.35. The van der Waals surface area contributed by atoms with Crippen LogP contribution in [0.1, 0.15) is 18.9 Å². The van der Waals surface area contributed by atoms with E-state index in [0.717, 1.165) is 24.3 Å². The van der Waals surface area contributed by atoms with Gasteiger partial charge in [0.1, 0.15) is 18.1 Å². The normalized spacial score (nSPS) is 10.1. The van der Waals surface area contributed by atoms with E-state index < -0.39 is 0 Å². The van der Waals surface area contributed by atoms with E-state index >= 15 is 0 Å². The standard InChI is InChI=1S/C12H16INO2/c1-10(15)5-6-11-3-2-4-12(9-11)16-8-7-14-13/h2-4,9,14H,5-8H2,1H3. The van der Waals surface area contributed by atoms with Crippen LogP contribution in [0.15, 0.2) is 24.3 Å². The smallest absolute Gasteiger partial charge is 0.130 e. The summed E-state index contributed by atoms with van der Waals surface area (Å²) in [5.74, 6) is 1.09. The van der Waals surface area contributed by atoms with Crippen LogP contribution in [0.4, 0.5) is 0 Å². The highest BCUT2D eigenvalue weighted by Gasteiger charge is 1.99. The van der Waals surface area contributed by atoms with Crippen LogP contribution in [0, 0.1) is 0 Å². The molecule has 0 spiro atoms. The van der Waals surface area contributed by atoms with Gasteiger partial charge in [-0.15, -0.1) is 0 Å². The molecule has 1 aromatic carbocycles. The molecular weight excluding hydrogens is 317 g/mol. The zero-order valence-corrected chi connectivity index (χ0v) is 11.5. The van der Waals surface area contributed by atoms with Crippen molar-refractivity contribution in [2.45, 2.75) is 19.8 Å². The second-order valence-electron chi connectivity index (χ2n) is 3.58. The molecule has 4 heteroatoms. The van der Waals surface area contributed by atoms with Gasteiger partial charge in [-0.05, 0) is 31.0 Å². The average Bonchev–Trinajstić information content (AvgIpc) is 2.27. The Kier molecular flexibility index (Phi) is 6.40. The molecule has 0 heterocycles. The molecule has 0 aliphatic carbocycles. The van der Waals surface area contributed by atoms with Gasteiger partial charge in [0.05, 0.1) is 0 Å². The van der Waals surface area contributed by atoms with Crippen LogP contribution in [0.5, 0.6) is 5.75 Å². The first-order chi connectivity index (χ1) is 7.72. The summed E-state index contributed by atoms with van der Waals surface area (Å²) in [5, 5.41) is 0. The van der Waals surface area contributed by atoms with E-state index in [1.165, 1.54) is 0 Å². The van der Waals surface area contributed by atoms with E-state index in [9.17, 15) is 4.79 Å². The van der Waals surface area contributed by atoms with Crippen LogP contribution < -0.4 is 8.27 Å². The first-order valence-electron chi connectivity index (χ1n) is 5.27. The third-order valence-corrected chi connectivity index (χ3v) is 2.67. The lowest BCUT2D eigenvalue weighted by molar-refractivity contribution is -0.116. The number of ketones is 1. The van der Waals surface area contributed by atoms with E-state index in [4.69, 9.17) is 4.74 Å². The highest BCUT2D eigenvalue weighted by Crippen LogP contribution is 2.14. The van der Waals surface area contributed by atoms with Crippen LogP contribution in [0.2, 0.25) is 0 Å². The van der Waals surface area contributed by atoms with Crippen LogP contribution in [-0.4, -0.2) is 18.9 Å². The SMILES string of the molecule is CC(=O)CCc1cccc(OCCNI)c1. The van der Waals surface area contributed by atoms with Crippen molar-refractivity contribution in [3.63, 3.8) is 0 Å². The molecule has 0 aliphatic rings. The van der Waals surface area contributed by atoms with Gasteiger partial charge in [-0.2, -0.15) is 0 Å². The predicted molar refractivity (Wildman–Crippen MR) is 73.0 cm³/mol. The number of hydrogen-bond donors (Lipinski definition) is 1. The van der Waals surface area contributed by atoms with Crippen molar-refractivity contribution in [2.24, 2.45) is 0 Å². The molecule has 0 aromatic heterocycles. The number of Topliss-reactive ketones (excluding diaryl/α,β-unsaturated/α-hetero) is 1. The monoisotopic (exact) mass is 333 g/mol. The number of aryl methyl sites for hydroxylation is 1. The minimum absolute atomic E-state index is 0.223. The van der Waals surface area contributed by atoms with E-state index in [0.29, 0.717) is 13.0 Å². The van der Waals surface area contributed by atoms with E-state index in [1.54, 1.807) is 6.92 Å². The maximum absolute atomic E-state index is 10.9. The van der Waals surface area contributed by atoms with Crippen molar-refractivity contribution in [3.8, 4) is 5.75 Å². The van der Waals surface area contributed by atoms with Gasteiger partial charge in [-0.3, -0.25) is 3.53 Å². The summed E-state index contributed by atoms with van der Waals surface area (Å²) in [7, 11) is 0. The first kappa shape index (κ1) is 13.4. The van der Waals surface area contributed by atoms with Gasteiger partial charge in [0.2, 0.25) is 0 Å². The fraction of sp³-hybridized carbons (Fsp3) is 0.417. The molecule has 0 fully saturated rings. The maximum atomic E-state index is 10.9. The topological polar surface area (TPSA) is 38.3 Å². The van der Waals surface area contributed by atoms with E-state index in [1.807, 2.05) is 24.3 Å². The third kappa shape index (κ3) is 5.46. The molecule has 0 unspecified atom stereocenters. The fourth-order valence-corrected chi connectivity index (χ4v) is 1.54. The Labute approximate surface area is 110 Å². The predicted octanol–water partition coefficient (Wildman–Crippen LogP) is 2.53. The zero-order valence-electron chi connectivity index (χ0n) is 9.33. The number of carbonyl (C=O) groups excluding carboxylic acids is 1. The Balaban J connectivity index is 2.46. The fourth-order valence-electron chi connectivity index (χ4n) is 1.32. The van der Waals surface area contributed by atoms with Crippen molar-refractivity contribution < 1.29 is 9.53 Å². The summed E-state index contributed by atoms with van der Waals surface area (Å²) in [6.45, 7) is 3.09. The van der Waals surface area contributed by atoms with Crippen molar-refractivity contribution in [2.75, 3.05) is 13.2 Å². The Hall–Kier alpha value is -0.620. The summed E-state index contributed by atoms with van der Waals surface area (Å²) >= 11 is 2.09. The molecule has 3 nitrogen and oxygen atoms in total. The zero-order chi connectivity index (χ0) is 11.8. The lowest BCUT2D eigenvalue weighted by Gasteiger charge is -2.07. The number of halogens is 1. The number of hydrogen-bond acceptors (Lipinski definition) is 3. The minimum atomic E-state index is 0.223. The van der Waals surface area contributed by atoms with E-state index in [2.05, 4.69) is 26.4 Å². The molecule has 1 aromatic rings. The molecule has 1 N–H and O–H groups in total. The Bertz CT molecular complexity index is 342. The quantitative estimate of drug-likeness (QED) is 0.473. The summed E-state index contributed by atoms with van der Waals surface area (Å²) in [5.41, 5.74) is 1.15. The van der Waals surface area contributed by atoms with Crippen LogP contribution in [0.3, 0.4) is 0 Å². The Morgan fingerprint density at radius 2 is 2.31 bits per heavy atom. The van der Waals surface area contributed by atoms with Gasteiger partial charge in [0, 0.05) is 35.8 Å². The van der Waals surface area contributed by atoms with Crippen molar-refractivity contribution in [1.82, 2.24) is 3.53 Å². The van der Waals surface area contributed by atoms with Gasteiger partial charge in [0.15, 0.2) is 0 Å². The molecule has 0 saturated carbocycles. The molecular formula is C12H16INO2. The lowest BCUT2D eigenvalue weighted by atomic mass is 10.1. The number of ether oxygens (including phenoxy) is 1. The van der Waals surface area contributed by atoms with Crippen molar-refractivity contribution >= 4 is 28.6 Å². The van der Waals surface area contributed by atoms with Crippen molar-refractivity contribution in [1.29, 1.82) is 0 Å². The van der Waals surface area contributed by atoms with Gasteiger partial charge < -0.3 is 9.53 Å². The number of nitrogens with one attached hydrogen (secondary N) is 1. The molecule has 0 amide bonds. The summed E-state index contributed by atoms with van der Waals surface area (Å²) in [6, 6.07) is 7.91. The molecule has 0 saturated heterocycles. The van der Waals surface area contributed by atoms with Gasteiger partial charge in [0.25, 0.3) is 0 Å². The molecule has 0 atom stereocenters. The molecule has 16 heavy (non-hydrogen) atoms. The van der Waals surface area contributed by atoms with Crippen LogP contribution >= 0.6 is 22.9 Å². The van der Waals surface area contributed by atoms with Crippen molar-refractivity contribution in [3.05, 3.63) is 29.8 Å². The molecule has 1 rings (SSSR count). The Morgan fingerprint density at radius 3 is 3.00 bits per heavy atom. The highest BCUT2D eigenvalue weighted by molar-refractivity contribution is 14.1. The lowest BCUT2D eigenvalue weighted by Crippen LogP contribution is -2.11. The Morgan fingerprint density at radius 1 is 1.50 bits per heavy atom. The largest absolute Gasteiger partial charge is 0.492 e. The average molecular weight is 333 g/mol. The summed E-state index contributed by atoms with van der Waals surface area (Å²) < 4.78 is 8.53. The van der Waals surface area contributed by atoms with Crippen LogP contribution in [-0.2, 0) is 11.2 Å². The molecule has 0 aliphatic heterocycles. The molecule has 0 radical (unpaired) electrons. The van der Waals surface area contributed by atoms with Gasteiger partial charge in [-0.1, -0.05) is 12.1 Å². The van der Waals surface area contributed by atoms with Gasteiger partial charge in [-0.25, -0.2) is 0 Å². The third-order valence-electron chi connectivity index (χ3n) is 2.13. The second kappa shape index (κ2) is 7.62. The van der Waals surface area contributed by atoms with E-state index in [-0.39, 0.29) is 5.78 Å². The number of benzene rings is 1. The number of carbonyl (C=O) groups is 1. The highest BCUT2D eigenvalue weighted by atomic mass is 127. The number of rotatable bonds is 7. The molecule has 88 valence electrons. The minimum Gasteiger partial charge on any atom is -0.492 e.